The number of likely N-dealkylation sites (tertiary alicyclic amines) is 1. The van der Waals surface area contributed by atoms with Crippen LogP contribution >= 0.6 is 0 Å². The molecule has 0 bridgehead atoms. The van der Waals surface area contributed by atoms with Crippen LogP contribution in [0.5, 0.6) is 5.75 Å². The molecule has 22 heavy (non-hydrogen) atoms. The lowest BCUT2D eigenvalue weighted by Gasteiger charge is -2.32. The van der Waals surface area contributed by atoms with E-state index < -0.39 is 0 Å². The Morgan fingerprint density at radius 3 is 2.45 bits per heavy atom. The summed E-state index contributed by atoms with van der Waals surface area (Å²) in [5, 5.41) is 0. The van der Waals surface area contributed by atoms with Crippen LogP contribution in [0.15, 0.2) is 24.3 Å². The molecule has 2 rings (SSSR count). The molecule has 1 saturated heterocycles. The summed E-state index contributed by atoms with van der Waals surface area (Å²) < 4.78 is 9.87. The second kappa shape index (κ2) is 8.79. The molecule has 0 spiro atoms. The number of hydrogen-bond donors (Lipinski definition) is 0. The number of methoxy groups -OCH3 is 2. The Morgan fingerprint density at radius 2 is 1.86 bits per heavy atom. The van der Waals surface area contributed by atoms with Crippen molar-refractivity contribution in [2.45, 2.75) is 32.1 Å². The fraction of sp³-hybridized carbons (Fsp3) is 0.611. The Bertz CT molecular complexity index is 450. The molecule has 1 heterocycles. The minimum absolute atomic E-state index is 0.102. The summed E-state index contributed by atoms with van der Waals surface area (Å²) in [5.41, 5.74) is 1.39. The summed E-state index contributed by atoms with van der Waals surface area (Å²) in [6.07, 6.45) is 5.06. The van der Waals surface area contributed by atoms with Gasteiger partial charge in [0.15, 0.2) is 0 Å². The predicted molar refractivity (Wildman–Crippen MR) is 87.1 cm³/mol. The fourth-order valence-electron chi connectivity index (χ4n) is 3.06. The highest BCUT2D eigenvalue weighted by Crippen LogP contribution is 2.23. The van der Waals surface area contributed by atoms with Gasteiger partial charge in [0, 0.05) is 6.42 Å². The molecule has 0 atom stereocenters. The zero-order valence-electron chi connectivity index (χ0n) is 13.7. The van der Waals surface area contributed by atoms with Crippen LogP contribution in [0.4, 0.5) is 0 Å². The lowest BCUT2D eigenvalue weighted by atomic mass is 9.90. The highest BCUT2D eigenvalue weighted by atomic mass is 16.5. The standard InChI is InChI=1S/C18H27NO3/c1-21-17-7-5-15(6-8-17)14-16-9-12-19(13-10-16)11-3-4-18(20)22-2/h5-8,16H,3-4,9-14H2,1-2H3. The Balaban J connectivity index is 1.67. The predicted octanol–water partition coefficient (Wildman–Crippen LogP) is 2.90. The van der Waals surface area contributed by atoms with Crippen molar-refractivity contribution in [1.29, 1.82) is 0 Å². The monoisotopic (exact) mass is 305 g/mol. The van der Waals surface area contributed by atoms with E-state index in [1.54, 1.807) is 7.11 Å². The Kier molecular flexibility index (Phi) is 6.72. The van der Waals surface area contributed by atoms with E-state index >= 15 is 0 Å². The molecule has 0 amide bonds. The van der Waals surface area contributed by atoms with Gasteiger partial charge in [-0.05, 0) is 68.9 Å². The average molecular weight is 305 g/mol. The second-order valence-electron chi connectivity index (χ2n) is 6.02. The van der Waals surface area contributed by atoms with E-state index in [1.807, 2.05) is 12.1 Å². The first kappa shape index (κ1) is 16.8. The number of piperidine rings is 1. The van der Waals surface area contributed by atoms with Crippen LogP contribution < -0.4 is 4.74 Å². The largest absolute Gasteiger partial charge is 0.497 e. The molecule has 122 valence electrons. The van der Waals surface area contributed by atoms with Gasteiger partial charge in [0.05, 0.1) is 14.2 Å². The molecular weight excluding hydrogens is 278 g/mol. The maximum absolute atomic E-state index is 11.1. The smallest absolute Gasteiger partial charge is 0.305 e. The molecule has 0 unspecified atom stereocenters. The van der Waals surface area contributed by atoms with Gasteiger partial charge in [-0.1, -0.05) is 12.1 Å². The van der Waals surface area contributed by atoms with E-state index in [0.29, 0.717) is 6.42 Å². The average Bonchev–Trinajstić information content (AvgIpc) is 2.57. The van der Waals surface area contributed by atoms with E-state index in [2.05, 4.69) is 21.8 Å². The topological polar surface area (TPSA) is 38.8 Å². The number of ether oxygens (including phenoxy) is 2. The first-order valence-electron chi connectivity index (χ1n) is 8.13. The van der Waals surface area contributed by atoms with E-state index in [1.165, 1.54) is 25.5 Å². The van der Waals surface area contributed by atoms with Gasteiger partial charge in [0.25, 0.3) is 0 Å². The quantitative estimate of drug-likeness (QED) is 0.726. The molecule has 1 aliphatic rings. The second-order valence-corrected chi connectivity index (χ2v) is 6.02. The third-order valence-corrected chi connectivity index (χ3v) is 4.47. The Labute approximate surface area is 133 Å². The van der Waals surface area contributed by atoms with Crippen LogP contribution in [-0.2, 0) is 16.0 Å². The number of carbonyl (C=O) groups excluding carboxylic acids is 1. The van der Waals surface area contributed by atoms with Crippen LogP contribution in [0.25, 0.3) is 0 Å². The summed E-state index contributed by atoms with van der Waals surface area (Å²) in [5.74, 6) is 1.59. The lowest BCUT2D eigenvalue weighted by molar-refractivity contribution is -0.140. The minimum atomic E-state index is -0.102. The Hall–Kier alpha value is -1.55. The zero-order valence-corrected chi connectivity index (χ0v) is 13.7. The summed E-state index contributed by atoms with van der Waals surface area (Å²) in [6, 6.07) is 8.41. The first-order chi connectivity index (χ1) is 10.7. The van der Waals surface area contributed by atoms with E-state index in [-0.39, 0.29) is 5.97 Å². The van der Waals surface area contributed by atoms with Crippen molar-refractivity contribution >= 4 is 5.97 Å². The zero-order chi connectivity index (χ0) is 15.8. The van der Waals surface area contributed by atoms with E-state index in [4.69, 9.17) is 4.74 Å². The third-order valence-electron chi connectivity index (χ3n) is 4.47. The van der Waals surface area contributed by atoms with Crippen molar-refractivity contribution in [3.8, 4) is 5.75 Å². The number of hydrogen-bond acceptors (Lipinski definition) is 4. The van der Waals surface area contributed by atoms with Gasteiger partial charge in [-0.3, -0.25) is 4.79 Å². The SMILES string of the molecule is COC(=O)CCCN1CCC(Cc2ccc(OC)cc2)CC1. The molecule has 1 fully saturated rings. The van der Waals surface area contributed by atoms with Gasteiger partial charge in [-0.15, -0.1) is 0 Å². The molecule has 1 aromatic carbocycles. The summed E-state index contributed by atoms with van der Waals surface area (Å²) >= 11 is 0. The van der Waals surface area contributed by atoms with Gasteiger partial charge in [-0.25, -0.2) is 0 Å². The highest BCUT2D eigenvalue weighted by Gasteiger charge is 2.19. The van der Waals surface area contributed by atoms with Gasteiger partial charge >= 0.3 is 5.97 Å². The van der Waals surface area contributed by atoms with Crippen LogP contribution in [0, 0.1) is 5.92 Å². The van der Waals surface area contributed by atoms with Crippen molar-refractivity contribution < 1.29 is 14.3 Å². The number of carbonyl (C=O) groups is 1. The molecule has 0 aliphatic carbocycles. The van der Waals surface area contributed by atoms with Crippen LogP contribution in [-0.4, -0.2) is 44.7 Å². The molecule has 0 radical (unpaired) electrons. The van der Waals surface area contributed by atoms with Crippen molar-refractivity contribution in [2.24, 2.45) is 5.92 Å². The van der Waals surface area contributed by atoms with Crippen molar-refractivity contribution in [2.75, 3.05) is 33.9 Å². The number of esters is 1. The van der Waals surface area contributed by atoms with Crippen LogP contribution in [0.3, 0.4) is 0 Å². The van der Waals surface area contributed by atoms with Crippen molar-refractivity contribution in [1.82, 2.24) is 4.90 Å². The molecule has 1 aromatic rings. The molecule has 4 nitrogen and oxygen atoms in total. The molecule has 0 N–H and O–H groups in total. The third kappa shape index (κ3) is 5.34. The summed E-state index contributed by atoms with van der Waals surface area (Å²) in [7, 11) is 3.15. The van der Waals surface area contributed by atoms with Crippen molar-refractivity contribution in [3.63, 3.8) is 0 Å². The normalized spacial score (nSPS) is 16.5. The van der Waals surface area contributed by atoms with Gasteiger partial charge in [0.2, 0.25) is 0 Å². The maximum Gasteiger partial charge on any atom is 0.305 e. The van der Waals surface area contributed by atoms with Gasteiger partial charge < -0.3 is 14.4 Å². The maximum atomic E-state index is 11.1. The summed E-state index contributed by atoms with van der Waals surface area (Å²) in [6.45, 7) is 3.29. The van der Waals surface area contributed by atoms with Gasteiger partial charge in [0.1, 0.15) is 5.75 Å². The van der Waals surface area contributed by atoms with Gasteiger partial charge in [-0.2, -0.15) is 0 Å². The van der Waals surface area contributed by atoms with Crippen LogP contribution in [0.2, 0.25) is 0 Å². The molecule has 1 aliphatic heterocycles. The molecule has 0 saturated carbocycles. The van der Waals surface area contributed by atoms with E-state index in [0.717, 1.165) is 44.1 Å². The molecular formula is C18H27NO3. The van der Waals surface area contributed by atoms with E-state index in [9.17, 15) is 4.79 Å². The molecule has 0 aromatic heterocycles. The highest BCUT2D eigenvalue weighted by molar-refractivity contribution is 5.69. The first-order valence-corrected chi connectivity index (χ1v) is 8.13. The number of benzene rings is 1. The molecule has 4 heteroatoms. The van der Waals surface area contributed by atoms with Crippen molar-refractivity contribution in [3.05, 3.63) is 29.8 Å². The minimum Gasteiger partial charge on any atom is -0.497 e. The fourth-order valence-corrected chi connectivity index (χ4v) is 3.06. The number of rotatable bonds is 7. The Morgan fingerprint density at radius 1 is 1.18 bits per heavy atom. The summed E-state index contributed by atoms with van der Waals surface area (Å²) in [4.78, 5) is 13.6. The lowest BCUT2D eigenvalue weighted by Crippen LogP contribution is -2.35. The van der Waals surface area contributed by atoms with Crippen LogP contribution in [0.1, 0.15) is 31.2 Å². The number of nitrogens with zero attached hydrogens (tertiary/aromatic N) is 1.